The third-order valence-electron chi connectivity index (χ3n) is 7.21. The smallest absolute Gasteiger partial charge is 0.509 e. The zero-order valence-corrected chi connectivity index (χ0v) is 27.5. The predicted octanol–water partition coefficient (Wildman–Crippen LogP) is 9.17. The quantitative estimate of drug-likeness (QED) is 0.119. The van der Waals surface area contributed by atoms with E-state index in [0.717, 1.165) is 44.4 Å². The first-order valence-corrected chi connectivity index (χ1v) is 15.9. The van der Waals surface area contributed by atoms with E-state index in [4.69, 9.17) is 4.74 Å². The number of pyridine rings is 1. The van der Waals surface area contributed by atoms with Crippen molar-refractivity contribution in [3.63, 3.8) is 0 Å². The Balaban J connectivity index is 0.00000329. The van der Waals surface area contributed by atoms with Gasteiger partial charge in [-0.15, -0.1) is 59.2 Å². The fourth-order valence-corrected chi connectivity index (χ4v) is 6.64. The van der Waals surface area contributed by atoms with E-state index in [9.17, 15) is 0 Å². The Morgan fingerprint density at radius 2 is 1.56 bits per heavy atom. The molecule has 3 aromatic heterocycles. The fourth-order valence-electron chi connectivity index (χ4n) is 5.28. The number of nitrogens with zero attached hydrogens (tertiary/aromatic N) is 4. The molecule has 0 N–H and O–H groups in total. The molecule has 0 radical (unpaired) electrons. The van der Waals surface area contributed by atoms with Crippen LogP contribution in [0.3, 0.4) is 0 Å². The van der Waals surface area contributed by atoms with Crippen LogP contribution in [-0.2, 0) is 21.1 Å². The molecule has 0 atom stereocenters. The van der Waals surface area contributed by atoms with Gasteiger partial charge in [-0.2, -0.15) is 17.2 Å². The second kappa shape index (κ2) is 12.5. The monoisotopic (exact) mass is 777 g/mol. The minimum atomic E-state index is 0. The van der Waals surface area contributed by atoms with Crippen molar-refractivity contribution in [3.05, 3.63) is 121 Å². The van der Waals surface area contributed by atoms with Gasteiger partial charge in [0.1, 0.15) is 5.82 Å². The third-order valence-corrected chi connectivity index (χ3v) is 8.77. The molecule has 0 unspecified atom stereocenters. The second-order valence-electron chi connectivity index (χ2n) is 9.84. The van der Waals surface area contributed by atoms with E-state index in [0.29, 0.717) is 11.5 Å². The van der Waals surface area contributed by atoms with Crippen molar-refractivity contribution < 1.29 is 25.8 Å². The summed E-state index contributed by atoms with van der Waals surface area (Å²) >= 11 is 3.49. The number of ether oxygens (including phenoxy) is 1. The number of hydrogen-bond donors (Lipinski definition) is 0. The molecule has 0 amide bonds. The van der Waals surface area contributed by atoms with Crippen LogP contribution in [0.15, 0.2) is 113 Å². The van der Waals surface area contributed by atoms with Gasteiger partial charge in [0.15, 0.2) is 0 Å². The summed E-state index contributed by atoms with van der Waals surface area (Å²) in [4.78, 5) is 7.13. The van der Waals surface area contributed by atoms with Crippen LogP contribution in [0.25, 0.3) is 44.4 Å². The largest absolute Gasteiger partial charge is 2.00 e. The standard InChI is InChI=1S/C35H26N4OS2.Pt/c1-23-16-17-36-34(18-23)39-30-11-5-4-10-28(30)29-15-14-27(20-31(29)39)40-26-9-6-8-25(19-26)38-22-24(21-37-38)35-32(41-2)12-7-13-33(35)42-3;/h4-18,21-22H,1-3H3;/q-2;+2. The summed E-state index contributed by atoms with van der Waals surface area (Å²) < 4.78 is 10.3. The number of aryl methyl sites for hydroxylation is 1. The molecule has 214 valence electrons. The Hall–Kier alpha value is -3.77. The number of benzene rings is 4. The summed E-state index contributed by atoms with van der Waals surface area (Å²) in [5, 5.41) is 6.92. The van der Waals surface area contributed by atoms with E-state index in [1.807, 2.05) is 53.5 Å². The molecule has 0 saturated carbocycles. The minimum Gasteiger partial charge on any atom is -0.509 e. The van der Waals surface area contributed by atoms with Crippen LogP contribution in [0.2, 0.25) is 0 Å². The Labute approximate surface area is 273 Å². The molecule has 0 aliphatic rings. The van der Waals surface area contributed by atoms with Crippen LogP contribution < -0.4 is 4.74 Å². The van der Waals surface area contributed by atoms with Crippen molar-refractivity contribution in [2.24, 2.45) is 0 Å². The van der Waals surface area contributed by atoms with E-state index >= 15 is 0 Å². The number of fused-ring (bicyclic) bond motifs is 3. The van der Waals surface area contributed by atoms with E-state index < -0.39 is 0 Å². The summed E-state index contributed by atoms with van der Waals surface area (Å²) in [5.74, 6) is 2.04. The average molecular weight is 778 g/mol. The van der Waals surface area contributed by atoms with Crippen molar-refractivity contribution in [1.82, 2.24) is 19.3 Å². The zero-order valence-electron chi connectivity index (χ0n) is 23.6. The van der Waals surface area contributed by atoms with Crippen molar-refractivity contribution in [2.75, 3.05) is 12.5 Å². The molecule has 0 spiro atoms. The Morgan fingerprint density at radius 3 is 2.35 bits per heavy atom. The topological polar surface area (TPSA) is 44.9 Å². The molecule has 7 aromatic rings. The van der Waals surface area contributed by atoms with E-state index in [1.165, 1.54) is 15.4 Å². The van der Waals surface area contributed by atoms with E-state index in [2.05, 4.69) is 101 Å². The van der Waals surface area contributed by atoms with Crippen molar-refractivity contribution >= 4 is 45.3 Å². The number of para-hydroxylation sites is 1. The molecule has 4 aromatic carbocycles. The number of hydrogen-bond acceptors (Lipinski definition) is 5. The first kappa shape index (κ1) is 29.3. The molecule has 0 fully saturated rings. The fraction of sp³-hybridized carbons (Fsp3) is 0.0857. The minimum absolute atomic E-state index is 0. The summed E-state index contributed by atoms with van der Waals surface area (Å²) in [6.45, 7) is 2.08. The maximum absolute atomic E-state index is 6.33. The molecule has 8 heteroatoms. The van der Waals surface area contributed by atoms with Crippen LogP contribution >= 0.6 is 23.5 Å². The molecule has 5 nitrogen and oxygen atoms in total. The van der Waals surface area contributed by atoms with E-state index in [-0.39, 0.29) is 21.1 Å². The van der Waals surface area contributed by atoms with Crippen molar-refractivity contribution in [3.8, 4) is 34.1 Å². The van der Waals surface area contributed by atoms with Crippen LogP contribution in [0.4, 0.5) is 0 Å². The van der Waals surface area contributed by atoms with Gasteiger partial charge in [-0.1, -0.05) is 29.8 Å². The Kier molecular flexibility index (Phi) is 8.49. The molecule has 0 saturated heterocycles. The van der Waals surface area contributed by atoms with Crippen molar-refractivity contribution in [1.29, 1.82) is 0 Å². The van der Waals surface area contributed by atoms with Crippen LogP contribution in [0.1, 0.15) is 5.56 Å². The van der Waals surface area contributed by atoms with Crippen LogP contribution in [0.5, 0.6) is 11.5 Å². The predicted molar refractivity (Wildman–Crippen MR) is 174 cm³/mol. The number of thioether (sulfide) groups is 2. The van der Waals surface area contributed by atoms with Crippen LogP contribution in [-0.4, -0.2) is 31.8 Å². The van der Waals surface area contributed by atoms with Gasteiger partial charge in [0.05, 0.1) is 6.20 Å². The maximum Gasteiger partial charge on any atom is 2.00 e. The third kappa shape index (κ3) is 5.53. The summed E-state index contributed by atoms with van der Waals surface area (Å²) in [6, 6.07) is 35.6. The van der Waals surface area contributed by atoms with Crippen molar-refractivity contribution in [2.45, 2.75) is 16.7 Å². The van der Waals surface area contributed by atoms with Gasteiger partial charge in [0.2, 0.25) is 0 Å². The molecular formula is C35H26N4OPtS2. The second-order valence-corrected chi connectivity index (χ2v) is 11.5. The normalized spacial score (nSPS) is 11.1. The average Bonchev–Trinajstić information content (AvgIpc) is 3.64. The Morgan fingerprint density at radius 1 is 0.791 bits per heavy atom. The first-order valence-electron chi connectivity index (χ1n) is 13.5. The number of aromatic nitrogens is 4. The number of rotatable bonds is 7. The Bertz CT molecular complexity index is 2060. The maximum atomic E-state index is 6.33. The molecular weight excluding hydrogens is 752 g/mol. The first-order chi connectivity index (χ1) is 20.6. The van der Waals surface area contributed by atoms with Gasteiger partial charge in [-0.05, 0) is 66.4 Å². The molecule has 43 heavy (non-hydrogen) atoms. The summed E-state index contributed by atoms with van der Waals surface area (Å²) in [7, 11) is 0. The van der Waals surface area contributed by atoms with Gasteiger partial charge >= 0.3 is 21.1 Å². The van der Waals surface area contributed by atoms with Gasteiger partial charge in [-0.3, -0.25) is 4.68 Å². The summed E-state index contributed by atoms with van der Waals surface area (Å²) in [6.07, 6.45) is 10.0. The van der Waals surface area contributed by atoms with Gasteiger partial charge in [0.25, 0.3) is 0 Å². The van der Waals surface area contributed by atoms with Gasteiger partial charge in [-0.25, -0.2) is 4.98 Å². The molecule has 0 bridgehead atoms. The van der Waals surface area contributed by atoms with E-state index in [1.54, 1.807) is 23.5 Å². The molecule has 7 rings (SSSR count). The van der Waals surface area contributed by atoms with Gasteiger partial charge < -0.3 is 9.30 Å². The molecule has 0 aliphatic heterocycles. The SMILES string of the molecule is CSc1cccc(SC)c1-c1cnn(-c2[c-]c(Oc3[c-]c4c(cc3)c3ccccc3n4-c3cc(C)ccn3)ccc2)c1.[Pt+2]. The van der Waals surface area contributed by atoms with Crippen LogP contribution in [0, 0.1) is 19.1 Å². The molecule has 3 heterocycles. The summed E-state index contributed by atoms with van der Waals surface area (Å²) in [5.41, 5.74) is 6.21. The van der Waals surface area contributed by atoms with Gasteiger partial charge in [0, 0.05) is 50.3 Å². The molecule has 0 aliphatic carbocycles. The zero-order chi connectivity index (χ0) is 28.6.